The van der Waals surface area contributed by atoms with Crippen LogP contribution in [0.15, 0.2) is 0 Å². The molecule has 0 saturated carbocycles. The molecule has 0 aromatic heterocycles. The fourth-order valence-electron chi connectivity index (χ4n) is 1.31. The SMILES string of the molecule is CC(=O)CCCCCC[C@H](C)CO. The minimum Gasteiger partial charge on any atom is -0.396 e. The van der Waals surface area contributed by atoms with Crippen LogP contribution in [0.3, 0.4) is 0 Å². The second-order valence-corrected chi connectivity index (χ2v) is 3.94. The standard InChI is InChI=1S/C11H22O2/c1-10(9-12)7-5-3-4-6-8-11(2)13/h10,12H,3-9H2,1-2H3/t10-/m0/s1. The summed E-state index contributed by atoms with van der Waals surface area (Å²) >= 11 is 0. The summed E-state index contributed by atoms with van der Waals surface area (Å²) in [6, 6.07) is 0. The van der Waals surface area contributed by atoms with E-state index in [4.69, 9.17) is 5.11 Å². The van der Waals surface area contributed by atoms with Crippen LogP contribution in [-0.2, 0) is 4.79 Å². The summed E-state index contributed by atoms with van der Waals surface area (Å²) in [5.41, 5.74) is 0. The van der Waals surface area contributed by atoms with E-state index in [-0.39, 0.29) is 0 Å². The van der Waals surface area contributed by atoms with Crippen molar-refractivity contribution >= 4 is 5.78 Å². The first kappa shape index (κ1) is 12.6. The highest BCUT2D eigenvalue weighted by Gasteiger charge is 1.99. The van der Waals surface area contributed by atoms with Gasteiger partial charge in [0.2, 0.25) is 0 Å². The van der Waals surface area contributed by atoms with Gasteiger partial charge in [0.25, 0.3) is 0 Å². The highest BCUT2D eigenvalue weighted by atomic mass is 16.3. The normalized spacial score (nSPS) is 12.8. The third-order valence-electron chi connectivity index (χ3n) is 2.29. The van der Waals surface area contributed by atoms with E-state index in [1.165, 1.54) is 12.8 Å². The van der Waals surface area contributed by atoms with Crippen molar-refractivity contribution in [3.8, 4) is 0 Å². The van der Waals surface area contributed by atoms with Gasteiger partial charge in [0.1, 0.15) is 5.78 Å². The number of rotatable bonds is 8. The van der Waals surface area contributed by atoms with Gasteiger partial charge in [0.15, 0.2) is 0 Å². The fraction of sp³-hybridized carbons (Fsp3) is 0.909. The lowest BCUT2D eigenvalue weighted by Gasteiger charge is -2.06. The van der Waals surface area contributed by atoms with Gasteiger partial charge in [-0.05, 0) is 25.7 Å². The zero-order valence-corrected chi connectivity index (χ0v) is 8.88. The predicted octanol–water partition coefficient (Wildman–Crippen LogP) is 2.54. The molecule has 0 spiro atoms. The summed E-state index contributed by atoms with van der Waals surface area (Å²) in [6.45, 7) is 4.01. The largest absolute Gasteiger partial charge is 0.396 e. The monoisotopic (exact) mass is 186 g/mol. The average Bonchev–Trinajstić information content (AvgIpc) is 2.10. The fourth-order valence-corrected chi connectivity index (χ4v) is 1.31. The van der Waals surface area contributed by atoms with Crippen LogP contribution in [0.5, 0.6) is 0 Å². The Morgan fingerprint density at radius 2 is 1.85 bits per heavy atom. The number of hydrogen-bond donors (Lipinski definition) is 1. The zero-order chi connectivity index (χ0) is 10.1. The van der Waals surface area contributed by atoms with Crippen molar-refractivity contribution < 1.29 is 9.90 Å². The molecule has 0 saturated heterocycles. The number of Topliss-reactive ketones (excluding diaryl/α,β-unsaturated/α-hetero) is 1. The highest BCUT2D eigenvalue weighted by molar-refractivity contribution is 5.75. The highest BCUT2D eigenvalue weighted by Crippen LogP contribution is 2.10. The summed E-state index contributed by atoms with van der Waals surface area (Å²) in [7, 11) is 0. The third kappa shape index (κ3) is 9.54. The quantitative estimate of drug-likeness (QED) is 0.591. The maximum atomic E-state index is 10.6. The van der Waals surface area contributed by atoms with E-state index < -0.39 is 0 Å². The lowest BCUT2D eigenvalue weighted by molar-refractivity contribution is -0.117. The molecular weight excluding hydrogens is 164 g/mol. The summed E-state index contributed by atoms with van der Waals surface area (Å²) < 4.78 is 0. The molecule has 2 nitrogen and oxygen atoms in total. The molecule has 0 bridgehead atoms. The van der Waals surface area contributed by atoms with Crippen molar-refractivity contribution in [2.75, 3.05) is 6.61 Å². The summed E-state index contributed by atoms with van der Waals surface area (Å²) in [6.07, 6.45) is 6.39. The minimum atomic E-state index is 0.295. The number of aliphatic hydroxyl groups is 1. The number of hydrogen-bond acceptors (Lipinski definition) is 2. The molecule has 0 fully saturated rings. The number of carbonyl (C=O) groups excluding carboxylic acids is 1. The van der Waals surface area contributed by atoms with Crippen molar-refractivity contribution in [2.45, 2.75) is 52.4 Å². The van der Waals surface area contributed by atoms with Crippen molar-refractivity contribution in [1.82, 2.24) is 0 Å². The Labute approximate surface area is 81.3 Å². The van der Waals surface area contributed by atoms with E-state index >= 15 is 0 Å². The van der Waals surface area contributed by atoms with Crippen LogP contribution < -0.4 is 0 Å². The van der Waals surface area contributed by atoms with Gasteiger partial charge in [-0.1, -0.05) is 26.2 Å². The molecule has 0 aromatic rings. The van der Waals surface area contributed by atoms with Crippen LogP contribution in [0.1, 0.15) is 52.4 Å². The van der Waals surface area contributed by atoms with Gasteiger partial charge in [0.05, 0.1) is 0 Å². The summed E-state index contributed by atoms with van der Waals surface area (Å²) in [4.78, 5) is 10.6. The van der Waals surface area contributed by atoms with Gasteiger partial charge in [-0.3, -0.25) is 0 Å². The van der Waals surface area contributed by atoms with Gasteiger partial charge >= 0.3 is 0 Å². The van der Waals surface area contributed by atoms with Crippen molar-refractivity contribution in [2.24, 2.45) is 5.92 Å². The molecule has 1 N–H and O–H groups in total. The Kier molecular flexibility index (Phi) is 8.00. The first-order valence-electron chi connectivity index (χ1n) is 5.27. The molecule has 78 valence electrons. The van der Waals surface area contributed by atoms with E-state index in [1.807, 2.05) is 0 Å². The topological polar surface area (TPSA) is 37.3 Å². The first-order chi connectivity index (χ1) is 6.16. The van der Waals surface area contributed by atoms with Crippen LogP contribution in [0.2, 0.25) is 0 Å². The predicted molar refractivity (Wildman–Crippen MR) is 54.6 cm³/mol. The van der Waals surface area contributed by atoms with E-state index in [2.05, 4.69) is 6.92 Å². The van der Waals surface area contributed by atoms with E-state index in [0.29, 0.717) is 18.3 Å². The lowest BCUT2D eigenvalue weighted by atomic mass is 10.0. The second kappa shape index (κ2) is 8.24. The van der Waals surface area contributed by atoms with Gasteiger partial charge < -0.3 is 9.90 Å². The number of aliphatic hydroxyl groups excluding tert-OH is 1. The van der Waals surface area contributed by atoms with Crippen LogP contribution >= 0.6 is 0 Å². The van der Waals surface area contributed by atoms with Crippen molar-refractivity contribution in [3.05, 3.63) is 0 Å². The van der Waals surface area contributed by atoms with Crippen molar-refractivity contribution in [1.29, 1.82) is 0 Å². The molecule has 0 aliphatic carbocycles. The first-order valence-corrected chi connectivity index (χ1v) is 5.27. The molecule has 1 atom stereocenters. The molecule has 0 unspecified atom stereocenters. The van der Waals surface area contributed by atoms with Gasteiger partial charge in [-0.15, -0.1) is 0 Å². The second-order valence-electron chi connectivity index (χ2n) is 3.94. The van der Waals surface area contributed by atoms with Crippen LogP contribution in [0, 0.1) is 5.92 Å². The lowest BCUT2D eigenvalue weighted by Crippen LogP contribution is -1.99. The summed E-state index contributed by atoms with van der Waals surface area (Å²) in [5, 5.41) is 8.77. The Balaban J connectivity index is 3.04. The van der Waals surface area contributed by atoms with Crippen LogP contribution in [0.4, 0.5) is 0 Å². The Bertz CT molecular complexity index is 132. The Hall–Kier alpha value is -0.370. The Morgan fingerprint density at radius 1 is 1.23 bits per heavy atom. The maximum absolute atomic E-state index is 10.6. The molecule has 0 radical (unpaired) electrons. The van der Waals surface area contributed by atoms with Crippen molar-refractivity contribution in [3.63, 3.8) is 0 Å². The molecular formula is C11H22O2. The number of unbranched alkanes of at least 4 members (excludes halogenated alkanes) is 3. The van der Waals surface area contributed by atoms with Gasteiger partial charge in [-0.2, -0.15) is 0 Å². The smallest absolute Gasteiger partial charge is 0.129 e. The molecule has 0 rings (SSSR count). The van der Waals surface area contributed by atoms with Gasteiger partial charge in [-0.25, -0.2) is 0 Å². The maximum Gasteiger partial charge on any atom is 0.129 e. The molecule has 0 aliphatic rings. The molecule has 0 aromatic carbocycles. The average molecular weight is 186 g/mol. The molecule has 0 amide bonds. The van der Waals surface area contributed by atoms with E-state index in [9.17, 15) is 4.79 Å². The van der Waals surface area contributed by atoms with E-state index in [0.717, 1.165) is 25.7 Å². The third-order valence-corrected chi connectivity index (χ3v) is 2.29. The summed E-state index contributed by atoms with van der Waals surface area (Å²) in [5.74, 6) is 0.733. The molecule has 0 heterocycles. The Morgan fingerprint density at radius 3 is 2.38 bits per heavy atom. The minimum absolute atomic E-state index is 0.295. The molecule has 0 aliphatic heterocycles. The van der Waals surface area contributed by atoms with E-state index in [1.54, 1.807) is 6.92 Å². The number of ketones is 1. The zero-order valence-electron chi connectivity index (χ0n) is 8.88. The van der Waals surface area contributed by atoms with Crippen LogP contribution in [0.25, 0.3) is 0 Å². The number of carbonyl (C=O) groups is 1. The molecule has 2 heteroatoms. The van der Waals surface area contributed by atoms with Gasteiger partial charge in [0, 0.05) is 13.0 Å². The van der Waals surface area contributed by atoms with Crippen LogP contribution in [-0.4, -0.2) is 17.5 Å². The molecule has 13 heavy (non-hydrogen) atoms.